The third kappa shape index (κ3) is 6.14. The van der Waals surface area contributed by atoms with Gasteiger partial charge in [0.1, 0.15) is 0 Å². The molecule has 0 radical (unpaired) electrons. The highest BCUT2D eigenvalue weighted by molar-refractivity contribution is 8.16. The molecule has 0 saturated carbocycles. The molecule has 1 saturated heterocycles. The highest BCUT2D eigenvalue weighted by Crippen LogP contribution is 2.43. The maximum absolute atomic E-state index is 12.1. The largest absolute Gasteiger partial charge is 0.452 e. The lowest BCUT2D eigenvalue weighted by Crippen LogP contribution is -2.35. The number of ether oxygens (including phenoxy) is 1. The molecule has 5 nitrogen and oxygen atoms in total. The maximum Gasteiger partial charge on any atom is 0.338 e. The van der Waals surface area contributed by atoms with Crippen LogP contribution in [0.4, 0.5) is 0 Å². The Morgan fingerprint density at radius 3 is 2.29 bits per heavy atom. The Balaban J connectivity index is 1.44. The highest BCUT2D eigenvalue weighted by Gasteiger charge is 2.18. The average molecular weight is 416 g/mol. The molecular weight excluding hydrogens is 394 g/mol. The number of rotatable bonds is 6. The number of esters is 1. The van der Waals surface area contributed by atoms with Crippen molar-refractivity contribution in [2.24, 2.45) is 0 Å². The summed E-state index contributed by atoms with van der Waals surface area (Å²) in [6.45, 7) is -0.491. The van der Waals surface area contributed by atoms with Crippen molar-refractivity contribution in [2.75, 3.05) is 18.1 Å². The van der Waals surface area contributed by atoms with Gasteiger partial charge in [0, 0.05) is 0 Å². The molecule has 28 heavy (non-hydrogen) atoms. The van der Waals surface area contributed by atoms with Gasteiger partial charge in [0.25, 0.3) is 5.91 Å². The summed E-state index contributed by atoms with van der Waals surface area (Å²) in [5.41, 5.74) is 2.37. The summed E-state index contributed by atoms with van der Waals surface area (Å²) in [5, 5.41) is 2.23. The summed E-state index contributed by atoms with van der Waals surface area (Å²) in [6.07, 6.45) is 1.32. The maximum atomic E-state index is 12.1. The first-order valence-corrected chi connectivity index (χ1v) is 11.1. The summed E-state index contributed by atoms with van der Waals surface area (Å²) in [4.78, 5) is 35.8. The van der Waals surface area contributed by atoms with E-state index in [1.807, 2.05) is 53.9 Å². The molecule has 0 unspecified atom stereocenters. The van der Waals surface area contributed by atoms with Crippen LogP contribution in [0, 0.1) is 0 Å². The predicted octanol–water partition coefficient (Wildman–Crippen LogP) is 3.60. The molecule has 1 heterocycles. The van der Waals surface area contributed by atoms with Crippen molar-refractivity contribution in [3.05, 3.63) is 71.3 Å². The first-order valence-electron chi connectivity index (χ1n) is 8.99. The van der Waals surface area contributed by atoms with E-state index in [0.717, 1.165) is 17.1 Å². The van der Waals surface area contributed by atoms with Crippen molar-refractivity contribution in [3.63, 3.8) is 0 Å². The molecule has 3 rings (SSSR count). The van der Waals surface area contributed by atoms with Gasteiger partial charge in [0.15, 0.2) is 6.61 Å². The summed E-state index contributed by atoms with van der Waals surface area (Å²) >= 11 is 3.83. The fourth-order valence-corrected chi connectivity index (χ4v) is 5.58. The van der Waals surface area contributed by atoms with Crippen molar-refractivity contribution in [2.45, 2.75) is 17.4 Å². The molecule has 0 aromatic heterocycles. The first kappa shape index (κ1) is 20.5. The molecule has 0 spiro atoms. The van der Waals surface area contributed by atoms with Crippen LogP contribution in [-0.4, -0.2) is 35.9 Å². The lowest BCUT2D eigenvalue weighted by molar-refractivity contribution is -0.132. The summed E-state index contributed by atoms with van der Waals surface area (Å²) in [6, 6.07) is 16.4. The van der Waals surface area contributed by atoms with E-state index in [0.29, 0.717) is 10.1 Å². The molecule has 0 atom stereocenters. The van der Waals surface area contributed by atoms with Crippen LogP contribution in [0.2, 0.25) is 0 Å². The Morgan fingerprint density at radius 1 is 0.929 bits per heavy atom. The third-order valence-corrected chi connectivity index (χ3v) is 7.08. The van der Waals surface area contributed by atoms with E-state index < -0.39 is 24.4 Å². The van der Waals surface area contributed by atoms with E-state index in [2.05, 4.69) is 5.32 Å². The molecule has 146 valence electrons. The summed E-state index contributed by atoms with van der Waals surface area (Å²) < 4.78 is 5.42. The van der Waals surface area contributed by atoms with E-state index in [-0.39, 0.29) is 6.42 Å². The minimum Gasteiger partial charge on any atom is -0.452 e. The molecule has 7 heteroatoms. The highest BCUT2D eigenvalue weighted by atomic mass is 32.2. The molecule has 0 aliphatic carbocycles. The van der Waals surface area contributed by atoms with Crippen molar-refractivity contribution >= 4 is 41.3 Å². The van der Waals surface area contributed by atoms with Gasteiger partial charge in [-0.3, -0.25) is 14.9 Å². The Labute approximate surface area is 172 Å². The van der Waals surface area contributed by atoms with Gasteiger partial charge in [-0.15, -0.1) is 23.5 Å². The van der Waals surface area contributed by atoms with Gasteiger partial charge >= 0.3 is 5.97 Å². The molecule has 2 aromatic rings. The van der Waals surface area contributed by atoms with Gasteiger partial charge in [-0.25, -0.2) is 4.79 Å². The van der Waals surface area contributed by atoms with Gasteiger partial charge in [-0.1, -0.05) is 42.5 Å². The fourth-order valence-electron chi connectivity index (χ4n) is 2.69. The average Bonchev–Trinajstić information content (AvgIpc) is 2.73. The van der Waals surface area contributed by atoms with E-state index >= 15 is 0 Å². The number of hydrogen-bond donors (Lipinski definition) is 1. The number of amides is 2. The standard InChI is InChI=1S/C21H21NO4S2/c23-18(13-15-5-2-1-3-6-15)22-19(24)14-26-20(25)16-7-9-17(10-8-16)21-27-11-4-12-28-21/h1-3,5-10,21H,4,11-14H2,(H,22,23,24). The minimum atomic E-state index is -0.638. The van der Waals surface area contributed by atoms with E-state index in [1.165, 1.54) is 12.0 Å². The molecule has 2 aromatic carbocycles. The van der Waals surface area contributed by atoms with Crippen molar-refractivity contribution < 1.29 is 19.1 Å². The van der Waals surface area contributed by atoms with Crippen LogP contribution < -0.4 is 5.32 Å². The van der Waals surface area contributed by atoms with Crippen molar-refractivity contribution in [1.82, 2.24) is 5.32 Å². The molecule has 1 aliphatic heterocycles. The fraction of sp³-hybridized carbons (Fsp3) is 0.286. The Kier molecular flexibility index (Phi) is 7.56. The number of hydrogen-bond acceptors (Lipinski definition) is 6. The molecule has 1 fully saturated rings. The molecule has 1 aliphatic rings. The van der Waals surface area contributed by atoms with Crippen LogP contribution in [0.5, 0.6) is 0 Å². The second-order valence-electron chi connectivity index (χ2n) is 6.26. The predicted molar refractivity (Wildman–Crippen MR) is 112 cm³/mol. The number of nitrogens with one attached hydrogen (secondary N) is 1. The Bertz CT molecular complexity index is 818. The Morgan fingerprint density at radius 2 is 1.61 bits per heavy atom. The minimum absolute atomic E-state index is 0.0964. The molecule has 0 bridgehead atoms. The normalized spacial score (nSPS) is 14.3. The number of carbonyl (C=O) groups excluding carboxylic acids is 3. The van der Waals surface area contributed by atoms with Crippen LogP contribution in [0.15, 0.2) is 54.6 Å². The zero-order chi connectivity index (χ0) is 19.8. The van der Waals surface area contributed by atoms with Gasteiger partial charge < -0.3 is 4.74 Å². The van der Waals surface area contributed by atoms with E-state index in [4.69, 9.17) is 4.74 Å². The van der Waals surface area contributed by atoms with Crippen LogP contribution in [0.1, 0.15) is 32.5 Å². The van der Waals surface area contributed by atoms with Crippen molar-refractivity contribution in [1.29, 1.82) is 0 Å². The lowest BCUT2D eigenvalue weighted by atomic mass is 10.1. The summed E-state index contributed by atoms with van der Waals surface area (Å²) in [7, 11) is 0. The second kappa shape index (κ2) is 10.3. The van der Waals surface area contributed by atoms with Gasteiger partial charge in [-0.05, 0) is 41.2 Å². The summed E-state index contributed by atoms with van der Waals surface area (Å²) in [5.74, 6) is 0.653. The zero-order valence-electron chi connectivity index (χ0n) is 15.3. The van der Waals surface area contributed by atoms with Crippen LogP contribution >= 0.6 is 23.5 Å². The quantitative estimate of drug-likeness (QED) is 0.727. The molecular formula is C21H21NO4S2. The van der Waals surface area contributed by atoms with E-state index in [9.17, 15) is 14.4 Å². The topological polar surface area (TPSA) is 72.5 Å². The number of carbonyl (C=O) groups is 3. The lowest BCUT2D eigenvalue weighted by Gasteiger charge is -2.21. The van der Waals surface area contributed by atoms with Gasteiger partial charge in [0.05, 0.1) is 16.6 Å². The van der Waals surface area contributed by atoms with Gasteiger partial charge in [0.2, 0.25) is 5.91 Å². The van der Waals surface area contributed by atoms with Crippen LogP contribution in [0.25, 0.3) is 0 Å². The zero-order valence-corrected chi connectivity index (χ0v) is 16.9. The van der Waals surface area contributed by atoms with Crippen LogP contribution in [0.3, 0.4) is 0 Å². The first-order chi connectivity index (χ1) is 13.6. The SMILES string of the molecule is O=C(COC(=O)c1ccc(C2SCCCS2)cc1)NC(=O)Cc1ccccc1. The third-order valence-electron chi connectivity index (χ3n) is 4.07. The Hall–Kier alpha value is -2.25. The monoisotopic (exact) mass is 415 g/mol. The number of imide groups is 1. The van der Waals surface area contributed by atoms with Crippen LogP contribution in [-0.2, 0) is 20.7 Å². The van der Waals surface area contributed by atoms with Gasteiger partial charge in [-0.2, -0.15) is 0 Å². The van der Waals surface area contributed by atoms with Crippen molar-refractivity contribution in [3.8, 4) is 0 Å². The second-order valence-corrected chi connectivity index (χ2v) is 8.98. The smallest absolute Gasteiger partial charge is 0.338 e. The number of benzene rings is 2. The number of thioether (sulfide) groups is 2. The molecule has 2 amide bonds. The van der Waals surface area contributed by atoms with E-state index in [1.54, 1.807) is 24.3 Å². The molecule has 1 N–H and O–H groups in total.